The third-order valence-electron chi connectivity index (χ3n) is 4.30. The maximum absolute atomic E-state index is 5.31. The molecule has 2 heterocycles. The van der Waals surface area contributed by atoms with Gasteiger partial charge in [0, 0.05) is 31.2 Å². The molecule has 152 valence electrons. The standard InChI is InChI=1S/C18H31N7O.HI/c1-11(9-14-12(2)23-25(8)13(14)3)21-17(19-7)20-10-15-22-16(26-24-15)18(4,5)6;/h11H,9-10H2,1-8H3,(H2,19,20,21);1H. The molecule has 2 rings (SSSR count). The summed E-state index contributed by atoms with van der Waals surface area (Å²) in [7, 11) is 3.72. The second kappa shape index (κ2) is 9.52. The Morgan fingerprint density at radius 2 is 1.96 bits per heavy atom. The zero-order chi connectivity index (χ0) is 19.5. The molecule has 0 aliphatic heterocycles. The van der Waals surface area contributed by atoms with Gasteiger partial charge in [-0.05, 0) is 32.8 Å². The first-order chi connectivity index (χ1) is 12.1. The summed E-state index contributed by atoms with van der Waals surface area (Å²) in [5.41, 5.74) is 3.39. The largest absolute Gasteiger partial charge is 0.354 e. The quantitative estimate of drug-likeness (QED) is 0.381. The van der Waals surface area contributed by atoms with Gasteiger partial charge in [0.15, 0.2) is 11.8 Å². The number of hydrogen-bond acceptors (Lipinski definition) is 5. The van der Waals surface area contributed by atoms with Crippen molar-refractivity contribution < 1.29 is 4.52 Å². The van der Waals surface area contributed by atoms with Gasteiger partial charge in [0.25, 0.3) is 0 Å². The van der Waals surface area contributed by atoms with E-state index in [9.17, 15) is 0 Å². The Labute approximate surface area is 178 Å². The molecule has 2 N–H and O–H groups in total. The number of rotatable bonds is 5. The maximum Gasteiger partial charge on any atom is 0.232 e. The van der Waals surface area contributed by atoms with E-state index in [1.807, 2.05) is 39.4 Å². The van der Waals surface area contributed by atoms with E-state index in [-0.39, 0.29) is 35.4 Å². The Morgan fingerprint density at radius 1 is 1.30 bits per heavy atom. The first kappa shape index (κ1) is 23.4. The number of guanidine groups is 1. The predicted octanol–water partition coefficient (Wildman–Crippen LogP) is 2.63. The minimum absolute atomic E-state index is 0. The molecule has 0 saturated heterocycles. The van der Waals surface area contributed by atoms with Crippen LogP contribution in [-0.2, 0) is 25.4 Å². The third-order valence-corrected chi connectivity index (χ3v) is 4.30. The van der Waals surface area contributed by atoms with Gasteiger partial charge in [-0.15, -0.1) is 24.0 Å². The third kappa shape index (κ3) is 6.18. The lowest BCUT2D eigenvalue weighted by atomic mass is 9.97. The second-order valence-corrected chi connectivity index (χ2v) is 7.71. The number of nitrogens with zero attached hydrogens (tertiary/aromatic N) is 5. The highest BCUT2D eigenvalue weighted by Crippen LogP contribution is 2.19. The van der Waals surface area contributed by atoms with Gasteiger partial charge in [-0.1, -0.05) is 25.9 Å². The van der Waals surface area contributed by atoms with Crippen molar-refractivity contribution in [1.82, 2.24) is 30.6 Å². The van der Waals surface area contributed by atoms with E-state index in [0.717, 1.165) is 12.1 Å². The van der Waals surface area contributed by atoms with Crippen molar-refractivity contribution in [3.05, 3.63) is 28.7 Å². The van der Waals surface area contributed by atoms with E-state index in [2.05, 4.69) is 44.7 Å². The molecule has 0 saturated carbocycles. The van der Waals surface area contributed by atoms with Gasteiger partial charge in [0.2, 0.25) is 5.89 Å². The van der Waals surface area contributed by atoms with E-state index in [0.29, 0.717) is 24.2 Å². The Balaban J connectivity index is 0.00000364. The summed E-state index contributed by atoms with van der Waals surface area (Å²) in [4.78, 5) is 8.70. The van der Waals surface area contributed by atoms with E-state index >= 15 is 0 Å². The van der Waals surface area contributed by atoms with Crippen molar-refractivity contribution in [2.24, 2.45) is 12.0 Å². The van der Waals surface area contributed by atoms with Crippen LogP contribution < -0.4 is 10.6 Å². The molecule has 2 aromatic rings. The predicted molar refractivity (Wildman–Crippen MR) is 118 cm³/mol. The highest BCUT2D eigenvalue weighted by Gasteiger charge is 2.21. The van der Waals surface area contributed by atoms with Crippen molar-refractivity contribution in [3.63, 3.8) is 0 Å². The van der Waals surface area contributed by atoms with Crippen LogP contribution in [0.2, 0.25) is 0 Å². The molecule has 1 unspecified atom stereocenters. The average molecular weight is 489 g/mol. The molecule has 9 heteroatoms. The summed E-state index contributed by atoms with van der Waals surface area (Å²) in [6, 6.07) is 0.207. The van der Waals surface area contributed by atoms with Gasteiger partial charge in [-0.2, -0.15) is 10.1 Å². The Morgan fingerprint density at radius 3 is 2.44 bits per heavy atom. The Kier molecular flexibility index (Phi) is 8.24. The van der Waals surface area contributed by atoms with Crippen LogP contribution in [0.5, 0.6) is 0 Å². The van der Waals surface area contributed by atoms with Crippen LogP contribution in [0.1, 0.15) is 56.4 Å². The molecule has 0 fully saturated rings. The van der Waals surface area contributed by atoms with Crippen LogP contribution in [0, 0.1) is 13.8 Å². The minimum atomic E-state index is -0.154. The highest BCUT2D eigenvalue weighted by molar-refractivity contribution is 14.0. The molecule has 2 aromatic heterocycles. The minimum Gasteiger partial charge on any atom is -0.354 e. The lowest BCUT2D eigenvalue weighted by Gasteiger charge is -2.17. The van der Waals surface area contributed by atoms with Gasteiger partial charge in [-0.25, -0.2) is 0 Å². The maximum atomic E-state index is 5.31. The fourth-order valence-corrected chi connectivity index (χ4v) is 2.69. The van der Waals surface area contributed by atoms with E-state index < -0.39 is 0 Å². The summed E-state index contributed by atoms with van der Waals surface area (Å²) in [5.74, 6) is 1.96. The molecule has 0 bridgehead atoms. The topological polar surface area (TPSA) is 93.2 Å². The fraction of sp³-hybridized carbons (Fsp3) is 0.667. The Bertz CT molecular complexity index is 773. The van der Waals surface area contributed by atoms with Gasteiger partial charge in [0.05, 0.1) is 12.2 Å². The normalized spacial score (nSPS) is 13.3. The molecule has 0 aliphatic rings. The zero-order valence-electron chi connectivity index (χ0n) is 17.5. The highest BCUT2D eigenvalue weighted by atomic mass is 127. The van der Waals surface area contributed by atoms with Crippen molar-refractivity contribution >= 4 is 29.9 Å². The number of hydrogen-bond donors (Lipinski definition) is 2. The lowest BCUT2D eigenvalue weighted by Crippen LogP contribution is -2.43. The molecule has 0 radical (unpaired) electrons. The van der Waals surface area contributed by atoms with Crippen LogP contribution in [0.4, 0.5) is 0 Å². The number of nitrogens with one attached hydrogen (secondary N) is 2. The van der Waals surface area contributed by atoms with Crippen molar-refractivity contribution in [2.75, 3.05) is 7.05 Å². The molecule has 0 aromatic carbocycles. The average Bonchev–Trinajstić information content (AvgIpc) is 3.12. The lowest BCUT2D eigenvalue weighted by molar-refractivity contribution is 0.318. The van der Waals surface area contributed by atoms with Crippen molar-refractivity contribution in [3.8, 4) is 0 Å². The van der Waals surface area contributed by atoms with Crippen LogP contribution in [0.3, 0.4) is 0 Å². The smallest absolute Gasteiger partial charge is 0.232 e. The van der Waals surface area contributed by atoms with Crippen LogP contribution >= 0.6 is 24.0 Å². The molecule has 0 aliphatic carbocycles. The molecular weight excluding hydrogens is 457 g/mol. The number of halogens is 1. The molecular formula is C18H32IN7O. The summed E-state index contributed by atoms with van der Waals surface area (Å²) < 4.78 is 7.24. The number of aromatic nitrogens is 4. The van der Waals surface area contributed by atoms with Crippen LogP contribution in [0.25, 0.3) is 0 Å². The molecule has 0 spiro atoms. The first-order valence-electron chi connectivity index (χ1n) is 8.91. The van der Waals surface area contributed by atoms with Crippen molar-refractivity contribution in [2.45, 2.75) is 66.0 Å². The monoisotopic (exact) mass is 489 g/mol. The van der Waals surface area contributed by atoms with Gasteiger partial charge < -0.3 is 15.2 Å². The molecule has 0 amide bonds. The zero-order valence-corrected chi connectivity index (χ0v) is 19.9. The molecule has 1 atom stereocenters. The van der Waals surface area contributed by atoms with E-state index in [1.165, 1.54) is 11.3 Å². The number of aliphatic imine (C=N–C) groups is 1. The molecule has 27 heavy (non-hydrogen) atoms. The first-order valence-corrected chi connectivity index (χ1v) is 8.91. The van der Waals surface area contributed by atoms with Crippen molar-refractivity contribution in [1.29, 1.82) is 0 Å². The summed E-state index contributed by atoms with van der Waals surface area (Å²) >= 11 is 0. The van der Waals surface area contributed by atoms with Crippen LogP contribution in [-0.4, -0.2) is 39.0 Å². The second-order valence-electron chi connectivity index (χ2n) is 7.71. The van der Waals surface area contributed by atoms with Crippen LogP contribution in [0.15, 0.2) is 9.52 Å². The van der Waals surface area contributed by atoms with E-state index in [1.54, 1.807) is 7.05 Å². The molecule has 8 nitrogen and oxygen atoms in total. The fourth-order valence-electron chi connectivity index (χ4n) is 2.69. The van der Waals surface area contributed by atoms with Gasteiger partial charge >= 0.3 is 0 Å². The Hall–Kier alpha value is -1.65. The summed E-state index contributed by atoms with van der Waals surface area (Å²) in [6.07, 6.45) is 0.878. The number of aryl methyl sites for hydroxylation is 2. The van der Waals surface area contributed by atoms with E-state index in [4.69, 9.17) is 4.52 Å². The summed E-state index contributed by atoms with van der Waals surface area (Å²) in [5, 5.41) is 15.1. The van der Waals surface area contributed by atoms with Gasteiger partial charge in [-0.3, -0.25) is 9.67 Å². The van der Waals surface area contributed by atoms with Gasteiger partial charge in [0.1, 0.15) is 0 Å². The SMILES string of the molecule is CN=C(NCc1noc(C(C)(C)C)n1)NC(C)Cc1c(C)nn(C)c1C.I. The summed E-state index contributed by atoms with van der Waals surface area (Å²) in [6.45, 7) is 12.9.